The molecular weight excluding hydrogens is 368 g/mol. The van der Waals surface area contributed by atoms with Crippen LogP contribution in [-0.4, -0.2) is 27.4 Å². The molecule has 7 nitrogen and oxygen atoms in total. The molecule has 2 N–H and O–H groups in total. The number of aliphatic carboxylic acids is 1. The molecule has 1 rings (SSSR count). The molecule has 0 aliphatic rings. The molecule has 0 heterocycles. The molecule has 1 aromatic rings. The summed E-state index contributed by atoms with van der Waals surface area (Å²) in [6.07, 6.45) is 0.874. The molecule has 0 spiro atoms. The standard InChI is InChI=1S/C15H19BrN2O5/c1-3-15(4-2,9-14(20)21)17-13(19)7-10-5-6-11(18(22)23)8-12(10)16/h5-6,8H,3-4,7,9H2,1-2H3,(H,17,19)(H,20,21). The molecule has 0 saturated carbocycles. The van der Waals surface area contributed by atoms with Crippen LogP contribution in [0.5, 0.6) is 0 Å². The van der Waals surface area contributed by atoms with Gasteiger partial charge < -0.3 is 10.4 Å². The molecule has 0 atom stereocenters. The smallest absolute Gasteiger partial charge is 0.305 e. The van der Waals surface area contributed by atoms with Gasteiger partial charge in [-0.05, 0) is 18.4 Å². The Balaban J connectivity index is 2.86. The molecule has 8 heteroatoms. The summed E-state index contributed by atoms with van der Waals surface area (Å²) in [5, 5.41) is 22.5. The average molecular weight is 387 g/mol. The number of rotatable bonds is 8. The van der Waals surface area contributed by atoms with Crippen LogP contribution in [-0.2, 0) is 16.0 Å². The SMILES string of the molecule is CCC(CC)(CC(=O)O)NC(=O)Cc1ccc([N+](=O)[O-])cc1Br. The van der Waals surface area contributed by atoms with E-state index in [1.807, 2.05) is 13.8 Å². The number of carboxylic acids is 1. The van der Waals surface area contributed by atoms with Gasteiger partial charge in [0.15, 0.2) is 0 Å². The molecule has 0 unspecified atom stereocenters. The van der Waals surface area contributed by atoms with E-state index in [0.717, 1.165) is 0 Å². The predicted octanol–water partition coefficient (Wildman–Crippen LogP) is 3.05. The second-order valence-electron chi connectivity index (χ2n) is 5.32. The summed E-state index contributed by atoms with van der Waals surface area (Å²) in [6, 6.07) is 4.18. The number of halogens is 1. The van der Waals surface area contributed by atoms with Gasteiger partial charge in [-0.15, -0.1) is 0 Å². The number of amides is 1. The first kappa shape index (κ1) is 19.1. The Morgan fingerprint density at radius 2 is 1.96 bits per heavy atom. The molecule has 23 heavy (non-hydrogen) atoms. The Labute approximate surface area is 142 Å². The van der Waals surface area contributed by atoms with Gasteiger partial charge in [0.05, 0.1) is 17.8 Å². The molecule has 0 bridgehead atoms. The van der Waals surface area contributed by atoms with Crippen molar-refractivity contribution in [2.75, 3.05) is 0 Å². The highest BCUT2D eigenvalue weighted by Gasteiger charge is 2.31. The van der Waals surface area contributed by atoms with Crippen molar-refractivity contribution in [3.05, 3.63) is 38.3 Å². The Hall–Kier alpha value is -1.96. The molecular formula is C15H19BrN2O5. The highest BCUT2D eigenvalue weighted by molar-refractivity contribution is 9.10. The van der Waals surface area contributed by atoms with Gasteiger partial charge in [0.2, 0.25) is 5.91 Å². The number of nitrogens with one attached hydrogen (secondary N) is 1. The zero-order valence-electron chi connectivity index (χ0n) is 13.0. The van der Waals surface area contributed by atoms with Crippen LogP contribution in [0.25, 0.3) is 0 Å². The molecule has 0 aliphatic carbocycles. The number of nitrogens with zero attached hydrogens (tertiary/aromatic N) is 1. The number of benzene rings is 1. The van der Waals surface area contributed by atoms with Crippen molar-refractivity contribution in [1.82, 2.24) is 5.32 Å². The van der Waals surface area contributed by atoms with Gasteiger partial charge in [0, 0.05) is 22.1 Å². The van der Waals surface area contributed by atoms with Gasteiger partial charge >= 0.3 is 5.97 Å². The van der Waals surface area contributed by atoms with Gasteiger partial charge in [-0.25, -0.2) is 0 Å². The lowest BCUT2D eigenvalue weighted by molar-refractivity contribution is -0.384. The first-order valence-electron chi connectivity index (χ1n) is 7.18. The van der Waals surface area contributed by atoms with Crippen molar-refractivity contribution < 1.29 is 19.6 Å². The Morgan fingerprint density at radius 3 is 2.39 bits per heavy atom. The largest absolute Gasteiger partial charge is 0.481 e. The van der Waals surface area contributed by atoms with E-state index in [4.69, 9.17) is 5.11 Å². The zero-order chi connectivity index (χ0) is 17.6. The van der Waals surface area contributed by atoms with Gasteiger partial charge in [-0.2, -0.15) is 0 Å². The van der Waals surface area contributed by atoms with E-state index >= 15 is 0 Å². The first-order valence-corrected chi connectivity index (χ1v) is 7.98. The maximum absolute atomic E-state index is 12.2. The summed E-state index contributed by atoms with van der Waals surface area (Å²) in [6.45, 7) is 3.66. The van der Waals surface area contributed by atoms with Crippen LogP contribution in [0.15, 0.2) is 22.7 Å². The third-order valence-electron chi connectivity index (χ3n) is 3.85. The average Bonchev–Trinajstić information content (AvgIpc) is 2.47. The number of hydrogen-bond acceptors (Lipinski definition) is 4. The maximum atomic E-state index is 12.2. The lowest BCUT2D eigenvalue weighted by Crippen LogP contribution is -2.49. The predicted molar refractivity (Wildman–Crippen MR) is 88.2 cm³/mol. The number of hydrogen-bond donors (Lipinski definition) is 2. The van der Waals surface area contributed by atoms with E-state index in [2.05, 4.69) is 21.2 Å². The summed E-state index contributed by atoms with van der Waals surface area (Å²) in [4.78, 5) is 33.4. The molecule has 0 aromatic heterocycles. The summed E-state index contributed by atoms with van der Waals surface area (Å²) < 4.78 is 0.471. The van der Waals surface area contributed by atoms with Crippen molar-refractivity contribution in [1.29, 1.82) is 0 Å². The van der Waals surface area contributed by atoms with Crippen molar-refractivity contribution in [3.63, 3.8) is 0 Å². The van der Waals surface area contributed by atoms with Gasteiger partial charge in [0.25, 0.3) is 5.69 Å². The normalized spacial score (nSPS) is 11.1. The van der Waals surface area contributed by atoms with Crippen LogP contribution in [0.4, 0.5) is 5.69 Å². The minimum atomic E-state index is -0.967. The third kappa shape index (κ3) is 5.31. The minimum Gasteiger partial charge on any atom is -0.481 e. The van der Waals surface area contributed by atoms with Crippen molar-refractivity contribution in [2.45, 2.75) is 45.1 Å². The van der Waals surface area contributed by atoms with Gasteiger partial charge in [-0.1, -0.05) is 35.8 Å². The van der Waals surface area contributed by atoms with Crippen LogP contribution in [0.3, 0.4) is 0 Å². The third-order valence-corrected chi connectivity index (χ3v) is 4.58. The molecule has 0 saturated heterocycles. The highest BCUT2D eigenvalue weighted by atomic mass is 79.9. The van der Waals surface area contributed by atoms with Crippen LogP contribution in [0, 0.1) is 10.1 Å². The van der Waals surface area contributed by atoms with E-state index in [0.29, 0.717) is 22.9 Å². The van der Waals surface area contributed by atoms with Crippen LogP contribution in [0.1, 0.15) is 38.7 Å². The number of nitro groups is 1. The van der Waals surface area contributed by atoms with Crippen LogP contribution < -0.4 is 5.32 Å². The number of carboxylic acid groups (broad SMARTS) is 1. The lowest BCUT2D eigenvalue weighted by atomic mass is 9.88. The molecule has 1 aromatic carbocycles. The number of carbonyl (C=O) groups is 2. The minimum absolute atomic E-state index is 0.0138. The fourth-order valence-corrected chi connectivity index (χ4v) is 2.82. The van der Waals surface area contributed by atoms with Crippen molar-refractivity contribution >= 4 is 33.5 Å². The summed E-state index contributed by atoms with van der Waals surface area (Å²) >= 11 is 3.22. The van der Waals surface area contributed by atoms with Gasteiger partial charge in [0.1, 0.15) is 0 Å². The molecule has 0 radical (unpaired) electrons. The fraction of sp³-hybridized carbons (Fsp3) is 0.467. The summed E-state index contributed by atoms with van der Waals surface area (Å²) in [5.41, 5.74) is -0.246. The van der Waals surface area contributed by atoms with Crippen LogP contribution in [0.2, 0.25) is 0 Å². The second kappa shape index (κ2) is 8.05. The number of nitro benzene ring substituents is 1. The zero-order valence-corrected chi connectivity index (χ0v) is 14.6. The van der Waals surface area contributed by atoms with E-state index < -0.39 is 16.4 Å². The molecule has 1 amide bonds. The monoisotopic (exact) mass is 386 g/mol. The Morgan fingerprint density at radius 1 is 1.35 bits per heavy atom. The molecule has 126 valence electrons. The maximum Gasteiger partial charge on any atom is 0.305 e. The fourth-order valence-electron chi connectivity index (χ4n) is 2.32. The van der Waals surface area contributed by atoms with Crippen LogP contribution >= 0.6 is 15.9 Å². The highest BCUT2D eigenvalue weighted by Crippen LogP contribution is 2.24. The van der Waals surface area contributed by atoms with Gasteiger partial charge in [-0.3, -0.25) is 19.7 Å². The molecule has 0 aliphatic heterocycles. The topological polar surface area (TPSA) is 110 Å². The van der Waals surface area contributed by atoms with Crippen molar-refractivity contribution in [3.8, 4) is 0 Å². The second-order valence-corrected chi connectivity index (χ2v) is 6.17. The van der Waals surface area contributed by atoms with E-state index in [1.165, 1.54) is 18.2 Å². The number of carbonyl (C=O) groups excluding carboxylic acids is 1. The quantitative estimate of drug-likeness (QED) is 0.526. The van der Waals surface area contributed by atoms with Crippen molar-refractivity contribution in [2.24, 2.45) is 0 Å². The van der Waals surface area contributed by atoms with E-state index in [-0.39, 0.29) is 24.4 Å². The lowest BCUT2D eigenvalue weighted by Gasteiger charge is -2.31. The van der Waals surface area contributed by atoms with E-state index in [1.54, 1.807) is 0 Å². The summed E-state index contributed by atoms with van der Waals surface area (Å²) in [5.74, 6) is -1.28. The first-order chi connectivity index (χ1) is 10.7. The van der Waals surface area contributed by atoms with E-state index in [9.17, 15) is 19.7 Å². The summed E-state index contributed by atoms with van der Waals surface area (Å²) in [7, 11) is 0. The Kier molecular flexibility index (Phi) is 6.68. The molecule has 0 fully saturated rings. The number of non-ortho nitro benzene ring substituents is 1. The Bertz CT molecular complexity index is 614.